The number of methoxy groups -OCH3 is 1. The van der Waals surface area contributed by atoms with E-state index < -0.39 is 0 Å². The lowest BCUT2D eigenvalue weighted by Crippen LogP contribution is -2.40. The van der Waals surface area contributed by atoms with Gasteiger partial charge in [0, 0.05) is 13.0 Å². The molecule has 2 atom stereocenters. The Bertz CT molecular complexity index is 58.9. The molecule has 48 valence electrons. The van der Waals surface area contributed by atoms with E-state index >= 15 is 0 Å². The Labute approximate surface area is 49.8 Å². The van der Waals surface area contributed by atoms with Gasteiger partial charge in [-0.3, -0.25) is 0 Å². The molecule has 1 aliphatic heterocycles. The van der Waals surface area contributed by atoms with Crippen molar-refractivity contribution in [1.29, 1.82) is 0 Å². The van der Waals surface area contributed by atoms with Crippen molar-refractivity contribution in [1.82, 2.24) is 0 Å². The number of ether oxygens (including phenoxy) is 2. The van der Waals surface area contributed by atoms with E-state index in [4.69, 9.17) is 9.47 Å². The molecule has 0 aromatic carbocycles. The summed E-state index contributed by atoms with van der Waals surface area (Å²) >= 11 is 0. The van der Waals surface area contributed by atoms with Crippen molar-refractivity contribution in [2.75, 3.05) is 13.7 Å². The maximum Gasteiger partial charge on any atom is 0.162 e. The third-order valence-corrected chi connectivity index (χ3v) is 1.62. The lowest BCUT2D eigenvalue weighted by Gasteiger charge is -2.34. The van der Waals surface area contributed by atoms with Crippen molar-refractivity contribution >= 4 is 0 Å². The van der Waals surface area contributed by atoms with Crippen molar-refractivity contribution in [3.8, 4) is 0 Å². The van der Waals surface area contributed by atoms with Crippen LogP contribution in [-0.2, 0) is 9.47 Å². The smallest absolute Gasteiger partial charge is 0.162 e. The molecule has 8 heavy (non-hydrogen) atoms. The van der Waals surface area contributed by atoms with Crippen molar-refractivity contribution in [2.24, 2.45) is 5.92 Å². The van der Waals surface area contributed by atoms with Crippen LogP contribution in [0.2, 0.25) is 0 Å². The van der Waals surface area contributed by atoms with Crippen molar-refractivity contribution in [3.63, 3.8) is 0 Å². The summed E-state index contributed by atoms with van der Waals surface area (Å²) in [4.78, 5) is 0. The molecule has 1 aliphatic rings. The van der Waals surface area contributed by atoms with Gasteiger partial charge < -0.3 is 9.47 Å². The Hall–Kier alpha value is -0.0800. The minimum atomic E-state index is 0.0972. The van der Waals surface area contributed by atoms with Gasteiger partial charge in [-0.05, 0) is 6.42 Å². The van der Waals surface area contributed by atoms with Crippen LogP contribution in [0, 0.1) is 5.92 Å². The highest BCUT2D eigenvalue weighted by Gasteiger charge is 2.29. The molecular formula is C6H12O2. The molecular weight excluding hydrogens is 104 g/mol. The standard InChI is InChI=1S/C6H12O2/c1-3-5-4-8-6(5)7-2/h5-6H,3-4H2,1-2H3/t5-,6+/m0/s1. The third kappa shape index (κ3) is 0.858. The van der Waals surface area contributed by atoms with Gasteiger partial charge in [-0.15, -0.1) is 0 Å². The quantitative estimate of drug-likeness (QED) is 0.536. The molecule has 1 fully saturated rings. The van der Waals surface area contributed by atoms with Crippen LogP contribution in [0.4, 0.5) is 0 Å². The monoisotopic (exact) mass is 116 g/mol. The molecule has 0 aromatic heterocycles. The van der Waals surface area contributed by atoms with Gasteiger partial charge in [-0.1, -0.05) is 6.92 Å². The fourth-order valence-corrected chi connectivity index (χ4v) is 0.882. The first-order valence-corrected chi connectivity index (χ1v) is 3.03. The first-order valence-electron chi connectivity index (χ1n) is 3.03. The highest BCUT2D eigenvalue weighted by molar-refractivity contribution is 4.68. The van der Waals surface area contributed by atoms with Gasteiger partial charge in [0.25, 0.3) is 0 Å². The third-order valence-electron chi connectivity index (χ3n) is 1.62. The summed E-state index contributed by atoms with van der Waals surface area (Å²) in [5, 5.41) is 0. The maximum atomic E-state index is 5.06. The molecule has 1 rings (SSSR count). The molecule has 0 bridgehead atoms. The second kappa shape index (κ2) is 2.46. The molecule has 0 radical (unpaired) electrons. The second-order valence-electron chi connectivity index (χ2n) is 2.11. The van der Waals surface area contributed by atoms with Crippen LogP contribution in [0.5, 0.6) is 0 Å². The van der Waals surface area contributed by atoms with E-state index in [0.717, 1.165) is 6.61 Å². The number of hydrogen-bond acceptors (Lipinski definition) is 2. The van der Waals surface area contributed by atoms with E-state index in [1.807, 2.05) is 0 Å². The molecule has 0 aromatic rings. The van der Waals surface area contributed by atoms with Crippen LogP contribution in [0.25, 0.3) is 0 Å². The van der Waals surface area contributed by atoms with Crippen molar-refractivity contribution in [3.05, 3.63) is 0 Å². The van der Waals surface area contributed by atoms with E-state index in [9.17, 15) is 0 Å². The molecule has 2 heteroatoms. The largest absolute Gasteiger partial charge is 0.356 e. The molecule has 2 nitrogen and oxygen atoms in total. The molecule has 1 saturated heterocycles. The predicted molar refractivity (Wildman–Crippen MR) is 30.5 cm³/mol. The first kappa shape index (κ1) is 6.05. The minimum absolute atomic E-state index is 0.0972. The Morgan fingerprint density at radius 1 is 1.75 bits per heavy atom. The zero-order valence-electron chi connectivity index (χ0n) is 5.39. The number of rotatable bonds is 2. The summed E-state index contributed by atoms with van der Waals surface area (Å²) in [6.45, 7) is 3.04. The van der Waals surface area contributed by atoms with Gasteiger partial charge in [0.15, 0.2) is 6.29 Å². The topological polar surface area (TPSA) is 18.5 Å². The maximum absolute atomic E-state index is 5.06. The van der Waals surface area contributed by atoms with Crippen molar-refractivity contribution in [2.45, 2.75) is 19.6 Å². The first-order chi connectivity index (χ1) is 3.88. The Morgan fingerprint density at radius 3 is 2.62 bits per heavy atom. The van der Waals surface area contributed by atoms with Gasteiger partial charge >= 0.3 is 0 Å². The molecule has 0 unspecified atom stereocenters. The highest BCUT2D eigenvalue weighted by atomic mass is 16.7. The van der Waals surface area contributed by atoms with Gasteiger partial charge in [0.2, 0.25) is 0 Å². The molecule has 0 amide bonds. The van der Waals surface area contributed by atoms with Crippen molar-refractivity contribution < 1.29 is 9.47 Å². The Kier molecular flexibility index (Phi) is 1.86. The average Bonchev–Trinajstić information content (AvgIpc) is 1.66. The molecule has 0 aliphatic carbocycles. The predicted octanol–water partition coefficient (Wildman–Crippen LogP) is 1.02. The van der Waals surface area contributed by atoms with Gasteiger partial charge in [-0.2, -0.15) is 0 Å². The van der Waals surface area contributed by atoms with Crippen LogP contribution >= 0.6 is 0 Å². The summed E-state index contributed by atoms with van der Waals surface area (Å²) in [6.07, 6.45) is 1.26. The molecule has 0 N–H and O–H groups in total. The van der Waals surface area contributed by atoms with Crippen LogP contribution in [0.15, 0.2) is 0 Å². The summed E-state index contributed by atoms with van der Waals surface area (Å²) in [5.74, 6) is 0.653. The van der Waals surface area contributed by atoms with Crippen LogP contribution in [-0.4, -0.2) is 20.0 Å². The van der Waals surface area contributed by atoms with Gasteiger partial charge in [0.05, 0.1) is 6.61 Å². The summed E-state index contributed by atoms with van der Waals surface area (Å²) in [7, 11) is 1.69. The lowest BCUT2D eigenvalue weighted by atomic mass is 10.0. The second-order valence-corrected chi connectivity index (χ2v) is 2.11. The normalized spacial score (nSPS) is 36.8. The van der Waals surface area contributed by atoms with Gasteiger partial charge in [0.1, 0.15) is 0 Å². The van der Waals surface area contributed by atoms with Crippen LogP contribution in [0.1, 0.15) is 13.3 Å². The zero-order valence-corrected chi connectivity index (χ0v) is 5.39. The van der Waals surface area contributed by atoms with E-state index in [2.05, 4.69) is 6.92 Å². The van der Waals surface area contributed by atoms with E-state index in [1.165, 1.54) is 6.42 Å². The molecule has 1 heterocycles. The van der Waals surface area contributed by atoms with E-state index in [-0.39, 0.29) is 6.29 Å². The van der Waals surface area contributed by atoms with Crippen LogP contribution < -0.4 is 0 Å². The van der Waals surface area contributed by atoms with E-state index in [1.54, 1.807) is 7.11 Å². The highest BCUT2D eigenvalue weighted by Crippen LogP contribution is 2.23. The average molecular weight is 116 g/mol. The fourth-order valence-electron chi connectivity index (χ4n) is 0.882. The van der Waals surface area contributed by atoms with Gasteiger partial charge in [-0.25, -0.2) is 0 Å². The van der Waals surface area contributed by atoms with Crippen LogP contribution in [0.3, 0.4) is 0 Å². The lowest BCUT2D eigenvalue weighted by molar-refractivity contribution is -0.247. The summed E-state index contributed by atoms with van der Waals surface area (Å²) < 4.78 is 10.0. The molecule has 0 spiro atoms. The minimum Gasteiger partial charge on any atom is -0.356 e. The Balaban J connectivity index is 2.16. The SMILES string of the molecule is CC[C@H]1CO[C@H]1OC. The Morgan fingerprint density at radius 2 is 2.50 bits per heavy atom. The number of hydrogen-bond donors (Lipinski definition) is 0. The zero-order chi connectivity index (χ0) is 5.98. The summed E-state index contributed by atoms with van der Waals surface area (Å²) in [5.41, 5.74) is 0. The molecule has 0 saturated carbocycles. The fraction of sp³-hybridized carbons (Fsp3) is 1.00. The van der Waals surface area contributed by atoms with E-state index in [0.29, 0.717) is 5.92 Å². The summed E-state index contributed by atoms with van der Waals surface area (Å²) in [6, 6.07) is 0.